The van der Waals surface area contributed by atoms with Crippen LogP contribution in [0.3, 0.4) is 0 Å². The average molecular weight is 205 g/mol. The highest BCUT2D eigenvalue weighted by Gasteiger charge is 2.01. The van der Waals surface area contributed by atoms with Crippen molar-refractivity contribution in [3.05, 3.63) is 33.8 Å². The van der Waals surface area contributed by atoms with E-state index in [0.29, 0.717) is 16.6 Å². The summed E-state index contributed by atoms with van der Waals surface area (Å²) in [5, 5.41) is 2.86. The van der Waals surface area contributed by atoms with Crippen molar-refractivity contribution in [2.45, 2.75) is 6.54 Å². The van der Waals surface area contributed by atoms with E-state index in [9.17, 15) is 0 Å². The van der Waals surface area contributed by atoms with Crippen LogP contribution >= 0.6 is 23.2 Å². The Kier molecular flexibility index (Phi) is 3.35. The number of nitrogens with two attached hydrogens (primary N) is 1. The Bertz CT molecular complexity index is 274. The molecule has 0 saturated carbocycles. The molecule has 0 heterocycles. The molecule has 0 aliphatic rings. The summed E-state index contributed by atoms with van der Waals surface area (Å²) >= 11 is 11.6. The van der Waals surface area contributed by atoms with Gasteiger partial charge in [0, 0.05) is 23.6 Å². The second kappa shape index (κ2) is 4.10. The molecular formula is C8H10Cl2N2. The standard InChI is InChI=1S/C8H10Cl2N2/c1-12(11)5-6-2-3-7(9)4-8(6)10/h2-4H,5,11H2,1H3. The lowest BCUT2D eigenvalue weighted by molar-refractivity contribution is 0.342. The summed E-state index contributed by atoms with van der Waals surface area (Å²) in [6.45, 7) is 0.621. The number of halogens is 2. The van der Waals surface area contributed by atoms with Crippen molar-refractivity contribution in [2.75, 3.05) is 7.05 Å². The highest BCUT2D eigenvalue weighted by atomic mass is 35.5. The highest BCUT2D eigenvalue weighted by molar-refractivity contribution is 6.35. The number of rotatable bonds is 2. The van der Waals surface area contributed by atoms with Gasteiger partial charge in [-0.1, -0.05) is 29.3 Å². The molecule has 12 heavy (non-hydrogen) atoms. The van der Waals surface area contributed by atoms with Gasteiger partial charge in [-0.2, -0.15) is 0 Å². The molecule has 0 amide bonds. The normalized spacial score (nSPS) is 10.8. The van der Waals surface area contributed by atoms with E-state index in [-0.39, 0.29) is 0 Å². The van der Waals surface area contributed by atoms with Gasteiger partial charge in [-0.3, -0.25) is 5.84 Å². The number of benzene rings is 1. The fourth-order valence-corrected chi connectivity index (χ4v) is 1.39. The predicted molar refractivity (Wildman–Crippen MR) is 52.1 cm³/mol. The van der Waals surface area contributed by atoms with Crippen LogP contribution in [0.15, 0.2) is 18.2 Å². The largest absolute Gasteiger partial charge is 0.269 e. The second-order valence-corrected chi connectivity index (χ2v) is 3.49. The molecule has 2 nitrogen and oxygen atoms in total. The van der Waals surface area contributed by atoms with Gasteiger partial charge in [-0.15, -0.1) is 0 Å². The smallest absolute Gasteiger partial charge is 0.0466 e. The van der Waals surface area contributed by atoms with E-state index in [1.165, 1.54) is 0 Å². The van der Waals surface area contributed by atoms with E-state index in [1.807, 2.05) is 6.07 Å². The molecule has 66 valence electrons. The van der Waals surface area contributed by atoms with Gasteiger partial charge in [-0.05, 0) is 17.7 Å². The highest BCUT2D eigenvalue weighted by Crippen LogP contribution is 2.21. The van der Waals surface area contributed by atoms with Gasteiger partial charge in [0.1, 0.15) is 0 Å². The second-order valence-electron chi connectivity index (χ2n) is 2.65. The maximum absolute atomic E-state index is 5.91. The van der Waals surface area contributed by atoms with E-state index in [4.69, 9.17) is 29.0 Å². The molecule has 0 aliphatic carbocycles. The molecule has 0 aliphatic heterocycles. The van der Waals surface area contributed by atoms with Crippen molar-refractivity contribution in [2.24, 2.45) is 5.84 Å². The van der Waals surface area contributed by atoms with E-state index >= 15 is 0 Å². The third-order valence-electron chi connectivity index (χ3n) is 1.43. The van der Waals surface area contributed by atoms with E-state index in [2.05, 4.69) is 0 Å². The first-order valence-corrected chi connectivity index (χ1v) is 4.25. The molecule has 0 aromatic heterocycles. The van der Waals surface area contributed by atoms with E-state index in [1.54, 1.807) is 24.2 Å². The first-order valence-electron chi connectivity index (χ1n) is 3.49. The van der Waals surface area contributed by atoms with E-state index < -0.39 is 0 Å². The first-order chi connectivity index (χ1) is 5.59. The van der Waals surface area contributed by atoms with Gasteiger partial charge < -0.3 is 0 Å². The molecule has 0 radical (unpaired) electrons. The number of hydrazine groups is 1. The van der Waals surface area contributed by atoms with Crippen molar-refractivity contribution >= 4 is 23.2 Å². The molecule has 0 spiro atoms. The molecule has 0 unspecified atom stereocenters. The van der Waals surface area contributed by atoms with Crippen molar-refractivity contribution in [1.29, 1.82) is 0 Å². The van der Waals surface area contributed by atoms with Gasteiger partial charge in [0.2, 0.25) is 0 Å². The van der Waals surface area contributed by atoms with Crippen LogP contribution in [-0.2, 0) is 6.54 Å². The fourth-order valence-electron chi connectivity index (χ4n) is 0.919. The molecule has 1 aromatic rings. The summed E-state index contributed by atoms with van der Waals surface area (Å²) < 4.78 is 0. The van der Waals surface area contributed by atoms with Crippen molar-refractivity contribution in [3.63, 3.8) is 0 Å². The molecule has 1 aromatic carbocycles. The van der Waals surface area contributed by atoms with Crippen LogP contribution < -0.4 is 5.84 Å². The molecular weight excluding hydrogens is 195 g/mol. The molecule has 4 heteroatoms. The Morgan fingerprint density at radius 2 is 2.08 bits per heavy atom. The zero-order valence-corrected chi connectivity index (χ0v) is 8.23. The lowest BCUT2D eigenvalue weighted by Gasteiger charge is -2.10. The monoisotopic (exact) mass is 204 g/mol. The molecule has 0 atom stereocenters. The van der Waals surface area contributed by atoms with Crippen LogP contribution in [-0.4, -0.2) is 12.1 Å². The average Bonchev–Trinajstić information content (AvgIpc) is 1.94. The minimum atomic E-state index is 0.621. The zero-order chi connectivity index (χ0) is 9.14. The predicted octanol–water partition coefficient (Wildman–Crippen LogP) is 2.30. The Hall–Kier alpha value is -0.280. The van der Waals surface area contributed by atoms with Gasteiger partial charge >= 0.3 is 0 Å². The maximum Gasteiger partial charge on any atom is 0.0466 e. The lowest BCUT2D eigenvalue weighted by atomic mass is 10.2. The molecule has 0 saturated heterocycles. The number of hydrogen-bond donors (Lipinski definition) is 1. The van der Waals surface area contributed by atoms with Crippen LogP contribution in [0, 0.1) is 0 Å². The SMILES string of the molecule is CN(N)Cc1ccc(Cl)cc1Cl. The third kappa shape index (κ3) is 2.64. The number of nitrogens with zero attached hydrogens (tertiary/aromatic N) is 1. The topological polar surface area (TPSA) is 29.3 Å². The summed E-state index contributed by atoms with van der Waals surface area (Å²) in [7, 11) is 1.78. The summed E-state index contributed by atoms with van der Waals surface area (Å²) in [4.78, 5) is 0. The molecule has 1 rings (SSSR count). The van der Waals surface area contributed by atoms with Gasteiger partial charge in [0.05, 0.1) is 0 Å². The Balaban J connectivity index is 2.86. The molecule has 2 N–H and O–H groups in total. The van der Waals surface area contributed by atoms with E-state index in [0.717, 1.165) is 5.56 Å². The Labute approximate surface area is 81.8 Å². The first kappa shape index (κ1) is 9.81. The summed E-state index contributed by atoms with van der Waals surface area (Å²) in [6, 6.07) is 5.38. The van der Waals surface area contributed by atoms with Gasteiger partial charge in [0.25, 0.3) is 0 Å². The van der Waals surface area contributed by atoms with Gasteiger partial charge in [0.15, 0.2) is 0 Å². The zero-order valence-electron chi connectivity index (χ0n) is 6.72. The third-order valence-corrected chi connectivity index (χ3v) is 2.02. The minimum Gasteiger partial charge on any atom is -0.269 e. The van der Waals surface area contributed by atoms with Crippen LogP contribution in [0.25, 0.3) is 0 Å². The Morgan fingerprint density at radius 3 is 2.58 bits per heavy atom. The Morgan fingerprint density at radius 1 is 1.42 bits per heavy atom. The molecule has 0 bridgehead atoms. The lowest BCUT2D eigenvalue weighted by Crippen LogP contribution is -2.25. The summed E-state index contributed by atoms with van der Waals surface area (Å²) in [5.74, 6) is 5.47. The minimum absolute atomic E-state index is 0.621. The van der Waals surface area contributed by atoms with Crippen LogP contribution in [0.5, 0.6) is 0 Å². The number of hydrogen-bond acceptors (Lipinski definition) is 2. The summed E-state index contributed by atoms with van der Waals surface area (Å²) in [6.07, 6.45) is 0. The van der Waals surface area contributed by atoms with Crippen molar-refractivity contribution < 1.29 is 0 Å². The van der Waals surface area contributed by atoms with Crippen LogP contribution in [0.2, 0.25) is 10.0 Å². The van der Waals surface area contributed by atoms with Crippen molar-refractivity contribution in [3.8, 4) is 0 Å². The maximum atomic E-state index is 5.91. The van der Waals surface area contributed by atoms with Crippen LogP contribution in [0.4, 0.5) is 0 Å². The summed E-state index contributed by atoms with van der Waals surface area (Å²) in [5.41, 5.74) is 0.978. The fraction of sp³-hybridized carbons (Fsp3) is 0.250. The van der Waals surface area contributed by atoms with Crippen LogP contribution in [0.1, 0.15) is 5.56 Å². The van der Waals surface area contributed by atoms with Gasteiger partial charge in [-0.25, -0.2) is 5.01 Å². The van der Waals surface area contributed by atoms with Crippen molar-refractivity contribution in [1.82, 2.24) is 5.01 Å². The quantitative estimate of drug-likeness (QED) is 0.592. The molecule has 0 fully saturated rings.